The molecule has 2 aromatic carbocycles. The van der Waals surface area contributed by atoms with Crippen molar-refractivity contribution in [2.45, 2.75) is 13.0 Å². The average molecular weight is 375 g/mol. The summed E-state index contributed by atoms with van der Waals surface area (Å²) < 4.78 is 11.3. The van der Waals surface area contributed by atoms with E-state index >= 15 is 0 Å². The van der Waals surface area contributed by atoms with Crippen LogP contribution in [0.4, 0.5) is 0 Å². The van der Waals surface area contributed by atoms with Crippen LogP contribution >= 0.6 is 11.3 Å². The van der Waals surface area contributed by atoms with E-state index in [0.29, 0.717) is 18.8 Å². The molecule has 2 aliphatic rings. The van der Waals surface area contributed by atoms with E-state index in [1.165, 1.54) is 4.88 Å². The first kappa shape index (κ1) is 16.3. The van der Waals surface area contributed by atoms with Crippen LogP contribution in [-0.4, -0.2) is 24.7 Å². The first-order chi connectivity index (χ1) is 13.3. The van der Waals surface area contributed by atoms with E-state index in [1.54, 1.807) is 11.3 Å². The van der Waals surface area contributed by atoms with E-state index < -0.39 is 0 Å². The molecule has 3 heterocycles. The van der Waals surface area contributed by atoms with Gasteiger partial charge in [-0.25, -0.2) is 4.98 Å². The topological polar surface area (TPSA) is 67.2 Å². The van der Waals surface area contributed by atoms with Gasteiger partial charge in [0, 0.05) is 35.5 Å². The minimum Gasteiger partial charge on any atom is -0.486 e. The SMILES string of the molecule is N#Cc1c(-c2ccc3c(c2)OCCO3)cccc1-c1nc2c(s1)CNCC2. The molecule has 2 aliphatic heterocycles. The minimum atomic E-state index is 0.542. The van der Waals surface area contributed by atoms with Crippen LogP contribution in [-0.2, 0) is 13.0 Å². The maximum atomic E-state index is 9.92. The van der Waals surface area contributed by atoms with Gasteiger partial charge in [0.05, 0.1) is 11.3 Å². The third-order valence-corrected chi connectivity index (χ3v) is 5.99. The Morgan fingerprint density at radius 1 is 1.07 bits per heavy atom. The van der Waals surface area contributed by atoms with E-state index in [-0.39, 0.29) is 0 Å². The molecule has 0 aliphatic carbocycles. The van der Waals surface area contributed by atoms with Crippen molar-refractivity contribution in [1.29, 1.82) is 5.26 Å². The number of aromatic nitrogens is 1. The predicted octanol–water partition coefficient (Wildman–Crippen LogP) is 3.77. The van der Waals surface area contributed by atoms with Crippen molar-refractivity contribution in [3.05, 3.63) is 52.5 Å². The molecule has 1 aromatic heterocycles. The summed E-state index contributed by atoms with van der Waals surface area (Å²) in [6.45, 7) is 2.92. The maximum Gasteiger partial charge on any atom is 0.161 e. The quantitative estimate of drug-likeness (QED) is 0.739. The van der Waals surface area contributed by atoms with Gasteiger partial charge in [-0.2, -0.15) is 5.26 Å². The maximum absolute atomic E-state index is 9.92. The van der Waals surface area contributed by atoms with Crippen molar-refractivity contribution >= 4 is 11.3 Å². The zero-order valence-corrected chi connectivity index (χ0v) is 15.4. The van der Waals surface area contributed by atoms with E-state index in [0.717, 1.165) is 58.4 Å². The molecular formula is C21H17N3O2S. The molecule has 27 heavy (non-hydrogen) atoms. The fourth-order valence-corrected chi connectivity index (χ4v) is 4.65. The Kier molecular flexibility index (Phi) is 4.04. The second kappa shape index (κ2) is 6.69. The highest BCUT2D eigenvalue weighted by Crippen LogP contribution is 2.39. The van der Waals surface area contributed by atoms with Gasteiger partial charge >= 0.3 is 0 Å². The molecule has 134 valence electrons. The Bertz CT molecular complexity index is 1040. The van der Waals surface area contributed by atoms with Crippen LogP contribution in [0.15, 0.2) is 36.4 Å². The van der Waals surface area contributed by atoms with Crippen LogP contribution in [0.5, 0.6) is 11.5 Å². The fraction of sp³-hybridized carbons (Fsp3) is 0.238. The number of nitriles is 1. The summed E-state index contributed by atoms with van der Waals surface area (Å²) in [6, 6.07) is 14.2. The van der Waals surface area contributed by atoms with Gasteiger partial charge in [-0.15, -0.1) is 11.3 Å². The number of rotatable bonds is 2. The van der Waals surface area contributed by atoms with E-state index in [4.69, 9.17) is 14.5 Å². The Balaban J connectivity index is 1.62. The Hall–Kier alpha value is -2.88. The summed E-state index contributed by atoms with van der Waals surface area (Å²) in [5, 5.41) is 14.2. The molecule has 0 saturated carbocycles. The van der Waals surface area contributed by atoms with Gasteiger partial charge in [-0.05, 0) is 17.7 Å². The summed E-state index contributed by atoms with van der Waals surface area (Å²) in [4.78, 5) is 6.09. The lowest BCUT2D eigenvalue weighted by Gasteiger charge is -2.19. The third kappa shape index (κ3) is 2.85. The first-order valence-corrected chi connectivity index (χ1v) is 9.78. The Morgan fingerprint density at radius 3 is 2.78 bits per heavy atom. The lowest BCUT2D eigenvalue weighted by atomic mass is 9.96. The smallest absolute Gasteiger partial charge is 0.161 e. The number of nitrogens with zero attached hydrogens (tertiary/aromatic N) is 2. The van der Waals surface area contributed by atoms with Crippen molar-refractivity contribution in [3.63, 3.8) is 0 Å². The van der Waals surface area contributed by atoms with Crippen molar-refractivity contribution in [3.8, 4) is 39.3 Å². The standard InChI is InChI=1S/C21H17N3O2S/c22-11-16-14(13-4-5-18-19(10-13)26-9-8-25-18)2-1-3-15(16)21-24-17-6-7-23-12-20(17)27-21/h1-5,10,23H,6-9,12H2. The van der Waals surface area contributed by atoms with E-state index in [9.17, 15) is 5.26 Å². The van der Waals surface area contributed by atoms with Gasteiger partial charge in [0.25, 0.3) is 0 Å². The molecule has 0 atom stereocenters. The molecule has 5 rings (SSSR count). The molecule has 0 unspecified atom stereocenters. The second-order valence-electron chi connectivity index (χ2n) is 6.51. The zero-order chi connectivity index (χ0) is 18.2. The fourth-order valence-electron chi connectivity index (χ4n) is 3.54. The highest BCUT2D eigenvalue weighted by atomic mass is 32.1. The molecule has 3 aromatic rings. The van der Waals surface area contributed by atoms with E-state index in [1.807, 2.05) is 36.4 Å². The Labute approximate surface area is 161 Å². The van der Waals surface area contributed by atoms with Crippen LogP contribution in [0, 0.1) is 11.3 Å². The van der Waals surface area contributed by atoms with Crippen LogP contribution < -0.4 is 14.8 Å². The summed E-state index contributed by atoms with van der Waals surface area (Å²) in [6.07, 6.45) is 0.940. The molecule has 1 N–H and O–H groups in total. The monoisotopic (exact) mass is 375 g/mol. The largest absolute Gasteiger partial charge is 0.486 e. The normalized spacial score (nSPS) is 15.1. The third-order valence-electron chi connectivity index (χ3n) is 4.86. The van der Waals surface area contributed by atoms with Crippen LogP contribution in [0.2, 0.25) is 0 Å². The van der Waals surface area contributed by atoms with Crippen molar-refractivity contribution in [1.82, 2.24) is 10.3 Å². The zero-order valence-electron chi connectivity index (χ0n) is 14.6. The molecule has 0 spiro atoms. The van der Waals surface area contributed by atoms with Gasteiger partial charge in [-0.1, -0.05) is 24.3 Å². The molecule has 6 heteroatoms. The molecule has 0 fully saturated rings. The van der Waals surface area contributed by atoms with Gasteiger partial charge in [0.15, 0.2) is 11.5 Å². The minimum absolute atomic E-state index is 0.542. The molecule has 5 nitrogen and oxygen atoms in total. The van der Waals surface area contributed by atoms with Gasteiger partial charge in [0.2, 0.25) is 0 Å². The predicted molar refractivity (Wildman–Crippen MR) is 104 cm³/mol. The molecular weight excluding hydrogens is 358 g/mol. The lowest BCUT2D eigenvalue weighted by Crippen LogP contribution is -2.22. The van der Waals surface area contributed by atoms with Crippen molar-refractivity contribution in [2.24, 2.45) is 0 Å². The lowest BCUT2D eigenvalue weighted by molar-refractivity contribution is 0.171. The molecule has 0 radical (unpaired) electrons. The number of thiazole rings is 1. The van der Waals surface area contributed by atoms with Gasteiger partial charge in [0.1, 0.15) is 24.3 Å². The summed E-state index contributed by atoms with van der Waals surface area (Å²) in [7, 11) is 0. The number of hydrogen-bond donors (Lipinski definition) is 1. The summed E-state index contributed by atoms with van der Waals surface area (Å²) in [5.41, 5.74) is 4.53. The van der Waals surface area contributed by atoms with Crippen LogP contribution in [0.25, 0.3) is 21.7 Å². The van der Waals surface area contributed by atoms with Crippen LogP contribution in [0.3, 0.4) is 0 Å². The number of benzene rings is 2. The highest BCUT2D eigenvalue weighted by molar-refractivity contribution is 7.15. The number of hydrogen-bond acceptors (Lipinski definition) is 6. The van der Waals surface area contributed by atoms with Crippen molar-refractivity contribution in [2.75, 3.05) is 19.8 Å². The van der Waals surface area contributed by atoms with Crippen molar-refractivity contribution < 1.29 is 9.47 Å². The molecule has 0 amide bonds. The summed E-state index contributed by atoms with van der Waals surface area (Å²) >= 11 is 1.68. The van der Waals surface area contributed by atoms with Crippen LogP contribution in [0.1, 0.15) is 16.1 Å². The van der Waals surface area contributed by atoms with Gasteiger partial charge < -0.3 is 14.8 Å². The first-order valence-electron chi connectivity index (χ1n) is 8.96. The summed E-state index contributed by atoms with van der Waals surface area (Å²) in [5.74, 6) is 1.48. The molecule has 0 bridgehead atoms. The highest BCUT2D eigenvalue weighted by Gasteiger charge is 2.20. The number of nitrogens with one attached hydrogen (secondary N) is 1. The second-order valence-corrected chi connectivity index (χ2v) is 7.60. The Morgan fingerprint density at radius 2 is 1.93 bits per heavy atom. The number of ether oxygens (including phenoxy) is 2. The number of fused-ring (bicyclic) bond motifs is 2. The average Bonchev–Trinajstić information content (AvgIpc) is 3.17. The molecule has 0 saturated heterocycles. The van der Waals surface area contributed by atoms with E-state index in [2.05, 4.69) is 11.4 Å². The van der Waals surface area contributed by atoms with Gasteiger partial charge in [-0.3, -0.25) is 0 Å².